The second-order valence-corrected chi connectivity index (χ2v) is 9.16. The molecule has 2 fully saturated rings. The number of rotatable bonds is 4. The van der Waals surface area contributed by atoms with Gasteiger partial charge in [-0.05, 0) is 61.9 Å². The standard InChI is InChI=1S/C23H23Cl2N3O4/c24-16-8-9-17(18(25)13-16)22(29)26-19-10-7-15(12-21(19)28(31)32)23(30)27-11-3-5-14-4-1-2-6-20(14)27/h7-10,12-14,20H,1-6,11H2,(H,26,29)/t14-,20+/m1/s1. The highest BCUT2D eigenvalue weighted by Gasteiger charge is 2.36. The minimum absolute atomic E-state index is 0.00301. The van der Waals surface area contributed by atoms with Crippen LogP contribution in [0, 0.1) is 16.0 Å². The molecule has 1 N–H and O–H groups in total. The van der Waals surface area contributed by atoms with Crippen molar-refractivity contribution in [1.29, 1.82) is 0 Å². The van der Waals surface area contributed by atoms with Gasteiger partial charge in [0, 0.05) is 29.2 Å². The Morgan fingerprint density at radius 1 is 1.03 bits per heavy atom. The first-order valence-corrected chi connectivity index (χ1v) is 11.5. The van der Waals surface area contributed by atoms with E-state index in [0.717, 1.165) is 32.1 Å². The Hall–Kier alpha value is -2.64. The number of halogens is 2. The molecule has 1 saturated carbocycles. The van der Waals surface area contributed by atoms with Gasteiger partial charge in [-0.1, -0.05) is 36.0 Å². The van der Waals surface area contributed by atoms with Crippen molar-refractivity contribution in [3.05, 3.63) is 67.7 Å². The van der Waals surface area contributed by atoms with Gasteiger partial charge in [0.05, 0.1) is 15.5 Å². The average molecular weight is 476 g/mol. The van der Waals surface area contributed by atoms with E-state index in [9.17, 15) is 19.7 Å². The van der Waals surface area contributed by atoms with Gasteiger partial charge in [0.2, 0.25) is 0 Å². The number of anilines is 1. The van der Waals surface area contributed by atoms with E-state index >= 15 is 0 Å². The number of piperidine rings is 1. The molecule has 2 aromatic rings. The van der Waals surface area contributed by atoms with E-state index in [2.05, 4.69) is 5.32 Å². The highest BCUT2D eigenvalue weighted by atomic mass is 35.5. The van der Waals surface area contributed by atoms with Gasteiger partial charge in [0.25, 0.3) is 17.5 Å². The summed E-state index contributed by atoms with van der Waals surface area (Å²) >= 11 is 11.9. The lowest BCUT2D eigenvalue weighted by atomic mass is 9.78. The first-order valence-electron chi connectivity index (χ1n) is 10.7. The van der Waals surface area contributed by atoms with Gasteiger partial charge in [-0.2, -0.15) is 0 Å². The van der Waals surface area contributed by atoms with Crippen LogP contribution in [-0.2, 0) is 0 Å². The molecule has 168 valence electrons. The van der Waals surface area contributed by atoms with Gasteiger partial charge in [0.1, 0.15) is 5.69 Å². The predicted molar refractivity (Wildman–Crippen MR) is 124 cm³/mol. The minimum Gasteiger partial charge on any atom is -0.335 e. The Bertz CT molecular complexity index is 1070. The van der Waals surface area contributed by atoms with Gasteiger partial charge in [0.15, 0.2) is 0 Å². The third-order valence-electron chi connectivity index (χ3n) is 6.37. The van der Waals surface area contributed by atoms with Crippen LogP contribution in [0.25, 0.3) is 0 Å². The molecule has 4 rings (SSSR count). The van der Waals surface area contributed by atoms with Crippen LogP contribution in [0.4, 0.5) is 11.4 Å². The van der Waals surface area contributed by atoms with Crippen molar-refractivity contribution in [3.8, 4) is 0 Å². The number of fused-ring (bicyclic) bond motifs is 1. The molecule has 2 aromatic carbocycles. The van der Waals surface area contributed by atoms with Crippen molar-refractivity contribution in [3.63, 3.8) is 0 Å². The van der Waals surface area contributed by atoms with Crippen molar-refractivity contribution < 1.29 is 14.5 Å². The average Bonchev–Trinajstić information content (AvgIpc) is 2.78. The SMILES string of the molecule is O=C(Nc1ccc(C(=O)N2CCC[C@H]3CCCC[C@@H]32)cc1[N+](=O)[O-])c1ccc(Cl)cc1Cl. The predicted octanol–water partition coefficient (Wildman–Crippen LogP) is 5.95. The molecule has 2 amide bonds. The molecule has 0 unspecified atom stereocenters. The summed E-state index contributed by atoms with van der Waals surface area (Å²) in [6, 6.07) is 8.75. The number of hydrogen-bond acceptors (Lipinski definition) is 4. The van der Waals surface area contributed by atoms with Crippen molar-refractivity contribution in [2.24, 2.45) is 5.92 Å². The molecule has 0 radical (unpaired) electrons. The number of amides is 2. The van der Waals surface area contributed by atoms with E-state index in [0.29, 0.717) is 17.5 Å². The molecule has 7 nitrogen and oxygen atoms in total. The zero-order valence-electron chi connectivity index (χ0n) is 17.4. The minimum atomic E-state index is -0.602. The van der Waals surface area contributed by atoms with E-state index in [1.54, 1.807) is 0 Å². The lowest BCUT2D eigenvalue weighted by Gasteiger charge is -2.44. The number of nitrogens with one attached hydrogen (secondary N) is 1. The van der Waals surface area contributed by atoms with Gasteiger partial charge >= 0.3 is 0 Å². The molecule has 9 heteroatoms. The summed E-state index contributed by atoms with van der Waals surface area (Å²) in [7, 11) is 0. The molecule has 0 bridgehead atoms. The highest BCUT2D eigenvalue weighted by molar-refractivity contribution is 6.37. The summed E-state index contributed by atoms with van der Waals surface area (Å²) in [5, 5.41) is 14.8. The topological polar surface area (TPSA) is 92.6 Å². The van der Waals surface area contributed by atoms with E-state index in [-0.39, 0.29) is 39.5 Å². The van der Waals surface area contributed by atoms with E-state index in [1.165, 1.54) is 42.8 Å². The summed E-state index contributed by atoms with van der Waals surface area (Å²) in [4.78, 5) is 38.9. The number of carbonyl (C=O) groups excluding carboxylic acids is 2. The van der Waals surface area contributed by atoms with Crippen LogP contribution in [0.3, 0.4) is 0 Å². The van der Waals surface area contributed by atoms with Crippen molar-refractivity contribution in [1.82, 2.24) is 4.90 Å². The second kappa shape index (κ2) is 9.46. The maximum atomic E-state index is 13.2. The first kappa shape index (κ1) is 22.6. The van der Waals surface area contributed by atoms with Crippen LogP contribution >= 0.6 is 23.2 Å². The fourth-order valence-electron chi connectivity index (χ4n) is 4.83. The smallest absolute Gasteiger partial charge is 0.293 e. The quantitative estimate of drug-likeness (QED) is 0.436. The van der Waals surface area contributed by atoms with Gasteiger partial charge in [-0.25, -0.2) is 0 Å². The fraction of sp³-hybridized carbons (Fsp3) is 0.391. The number of nitro benzene ring substituents is 1. The van der Waals surface area contributed by atoms with E-state index in [4.69, 9.17) is 23.2 Å². The van der Waals surface area contributed by atoms with Crippen LogP contribution in [0.1, 0.15) is 59.2 Å². The molecule has 1 saturated heterocycles. The monoisotopic (exact) mass is 475 g/mol. The van der Waals surface area contributed by atoms with E-state index < -0.39 is 10.8 Å². The van der Waals surface area contributed by atoms with E-state index in [1.807, 2.05) is 4.90 Å². The zero-order chi connectivity index (χ0) is 22.8. The first-order chi connectivity index (χ1) is 15.3. The summed E-state index contributed by atoms with van der Waals surface area (Å²) < 4.78 is 0. The van der Waals surface area contributed by atoms with Gasteiger partial charge in [-0.15, -0.1) is 0 Å². The number of benzene rings is 2. The summed E-state index contributed by atoms with van der Waals surface area (Å²) in [6.07, 6.45) is 6.49. The lowest BCUT2D eigenvalue weighted by Crippen LogP contribution is -2.49. The van der Waals surface area contributed by atoms with Gasteiger partial charge < -0.3 is 10.2 Å². The third kappa shape index (κ3) is 4.59. The van der Waals surface area contributed by atoms with Crippen molar-refractivity contribution >= 4 is 46.4 Å². The van der Waals surface area contributed by atoms with Crippen LogP contribution in [-0.4, -0.2) is 34.2 Å². The fourth-order valence-corrected chi connectivity index (χ4v) is 5.32. The maximum Gasteiger partial charge on any atom is 0.293 e. The summed E-state index contributed by atoms with van der Waals surface area (Å²) in [5.74, 6) is -0.280. The molecule has 1 aliphatic carbocycles. The van der Waals surface area contributed by atoms with Crippen LogP contribution in [0.15, 0.2) is 36.4 Å². The Balaban J connectivity index is 1.58. The Labute approximate surface area is 195 Å². The number of nitrogens with zero attached hydrogens (tertiary/aromatic N) is 2. The maximum absolute atomic E-state index is 13.2. The molecule has 0 aromatic heterocycles. The summed E-state index contributed by atoms with van der Waals surface area (Å²) in [5.41, 5.74) is 0.0517. The molecule has 0 spiro atoms. The molecule has 2 atom stereocenters. The van der Waals surface area contributed by atoms with Crippen LogP contribution < -0.4 is 5.32 Å². The Morgan fingerprint density at radius 2 is 1.78 bits per heavy atom. The highest BCUT2D eigenvalue weighted by Crippen LogP contribution is 2.36. The van der Waals surface area contributed by atoms with Crippen LogP contribution in [0.2, 0.25) is 10.0 Å². The molecular weight excluding hydrogens is 453 g/mol. The molecule has 2 aliphatic rings. The van der Waals surface area contributed by atoms with Crippen LogP contribution in [0.5, 0.6) is 0 Å². The second-order valence-electron chi connectivity index (χ2n) is 8.32. The Morgan fingerprint density at radius 3 is 2.53 bits per heavy atom. The lowest BCUT2D eigenvalue weighted by molar-refractivity contribution is -0.383. The Kier molecular flexibility index (Phi) is 6.67. The molecule has 32 heavy (non-hydrogen) atoms. The zero-order valence-corrected chi connectivity index (χ0v) is 18.9. The largest absolute Gasteiger partial charge is 0.335 e. The molecule has 1 aliphatic heterocycles. The molecule has 1 heterocycles. The summed E-state index contributed by atoms with van der Waals surface area (Å²) in [6.45, 7) is 0.668. The van der Waals surface area contributed by atoms with Crippen molar-refractivity contribution in [2.75, 3.05) is 11.9 Å². The number of carbonyl (C=O) groups is 2. The number of nitro groups is 1. The van der Waals surface area contributed by atoms with Gasteiger partial charge in [-0.3, -0.25) is 19.7 Å². The molecular formula is C23H23Cl2N3O4. The number of likely N-dealkylation sites (tertiary alicyclic amines) is 1. The third-order valence-corrected chi connectivity index (χ3v) is 6.92. The number of hydrogen-bond donors (Lipinski definition) is 1. The van der Waals surface area contributed by atoms with Crippen molar-refractivity contribution in [2.45, 2.75) is 44.6 Å². The normalized spacial score (nSPS) is 20.4.